The third kappa shape index (κ3) is 3.77. The average Bonchev–Trinajstić information content (AvgIpc) is 2.95. The summed E-state index contributed by atoms with van der Waals surface area (Å²) in [6.07, 6.45) is 9.23. The van der Waals surface area contributed by atoms with E-state index in [0.717, 1.165) is 44.5 Å². The standard InChI is InChI=1S/C17H25N3O2/c21-16(12-17(22)8-2-3-9-17)19-15-7-6-14(13-18-15)20-10-4-1-5-11-20/h6-7,13,22H,1-5,8-12H2,(H,18,19,21). The zero-order valence-corrected chi connectivity index (χ0v) is 13.1. The van der Waals surface area contributed by atoms with E-state index in [-0.39, 0.29) is 12.3 Å². The van der Waals surface area contributed by atoms with Crippen molar-refractivity contribution in [2.24, 2.45) is 0 Å². The predicted molar refractivity (Wildman–Crippen MR) is 87.0 cm³/mol. The van der Waals surface area contributed by atoms with Gasteiger partial charge in [0.2, 0.25) is 5.91 Å². The fourth-order valence-corrected chi connectivity index (χ4v) is 3.49. The fraction of sp³-hybridized carbons (Fsp3) is 0.647. The van der Waals surface area contributed by atoms with Crippen LogP contribution in [0.2, 0.25) is 0 Å². The minimum atomic E-state index is -0.808. The molecule has 0 atom stereocenters. The minimum absolute atomic E-state index is 0.150. The Balaban J connectivity index is 1.55. The average molecular weight is 303 g/mol. The van der Waals surface area contributed by atoms with Crippen molar-refractivity contribution in [3.05, 3.63) is 18.3 Å². The maximum atomic E-state index is 12.0. The number of carbonyl (C=O) groups excluding carboxylic acids is 1. The largest absolute Gasteiger partial charge is 0.389 e. The zero-order valence-electron chi connectivity index (χ0n) is 13.1. The van der Waals surface area contributed by atoms with Crippen LogP contribution in [0.1, 0.15) is 51.4 Å². The van der Waals surface area contributed by atoms with Crippen molar-refractivity contribution >= 4 is 17.4 Å². The highest BCUT2D eigenvalue weighted by molar-refractivity contribution is 5.90. The van der Waals surface area contributed by atoms with Gasteiger partial charge < -0.3 is 15.3 Å². The molecular formula is C17H25N3O2. The SMILES string of the molecule is O=C(CC1(O)CCCC1)Nc1ccc(N2CCCCC2)cn1. The van der Waals surface area contributed by atoms with Crippen LogP contribution in [0.25, 0.3) is 0 Å². The lowest BCUT2D eigenvalue weighted by Gasteiger charge is -2.28. The van der Waals surface area contributed by atoms with Crippen LogP contribution in [-0.2, 0) is 4.79 Å². The number of carbonyl (C=O) groups is 1. The number of hydrogen-bond donors (Lipinski definition) is 2. The van der Waals surface area contributed by atoms with Crippen molar-refractivity contribution in [3.8, 4) is 0 Å². The molecule has 0 spiro atoms. The molecule has 2 heterocycles. The molecule has 1 amide bonds. The topological polar surface area (TPSA) is 65.5 Å². The van der Waals surface area contributed by atoms with Gasteiger partial charge in [0.1, 0.15) is 5.82 Å². The third-order valence-corrected chi connectivity index (χ3v) is 4.76. The summed E-state index contributed by atoms with van der Waals surface area (Å²) >= 11 is 0. The lowest BCUT2D eigenvalue weighted by molar-refractivity contribution is -0.120. The molecule has 2 fully saturated rings. The summed E-state index contributed by atoms with van der Waals surface area (Å²) in [6.45, 7) is 2.17. The number of rotatable bonds is 4. The highest BCUT2D eigenvalue weighted by Gasteiger charge is 2.33. The predicted octanol–water partition coefficient (Wildman–Crippen LogP) is 2.71. The second kappa shape index (κ2) is 6.65. The molecule has 0 bridgehead atoms. The van der Waals surface area contributed by atoms with E-state index in [9.17, 15) is 9.90 Å². The molecule has 1 aromatic heterocycles. The van der Waals surface area contributed by atoms with Crippen LogP contribution in [0.3, 0.4) is 0 Å². The van der Waals surface area contributed by atoms with Crippen molar-refractivity contribution in [1.29, 1.82) is 0 Å². The maximum Gasteiger partial charge on any atom is 0.228 e. The molecule has 0 unspecified atom stereocenters. The smallest absolute Gasteiger partial charge is 0.228 e. The Hall–Kier alpha value is -1.62. The summed E-state index contributed by atoms with van der Waals surface area (Å²) in [4.78, 5) is 18.7. The van der Waals surface area contributed by atoms with Gasteiger partial charge in [-0.2, -0.15) is 0 Å². The molecule has 1 aliphatic heterocycles. The Morgan fingerprint density at radius 1 is 1.18 bits per heavy atom. The Bertz CT molecular complexity index is 503. The molecule has 1 saturated carbocycles. The molecule has 120 valence electrons. The summed E-state index contributed by atoms with van der Waals surface area (Å²) in [5, 5.41) is 13.1. The Morgan fingerprint density at radius 2 is 1.91 bits per heavy atom. The molecule has 3 rings (SSSR count). The van der Waals surface area contributed by atoms with Crippen molar-refractivity contribution in [2.45, 2.75) is 57.0 Å². The summed E-state index contributed by atoms with van der Waals surface area (Å²) in [6, 6.07) is 3.86. The van der Waals surface area contributed by atoms with Crippen LogP contribution in [-0.4, -0.2) is 34.7 Å². The van der Waals surface area contributed by atoms with Gasteiger partial charge in [-0.05, 0) is 44.2 Å². The quantitative estimate of drug-likeness (QED) is 0.897. The number of piperidine rings is 1. The first-order valence-electron chi connectivity index (χ1n) is 8.38. The number of nitrogens with zero attached hydrogens (tertiary/aromatic N) is 2. The van der Waals surface area contributed by atoms with Gasteiger partial charge >= 0.3 is 0 Å². The summed E-state index contributed by atoms with van der Waals surface area (Å²) in [5.41, 5.74) is 0.310. The van der Waals surface area contributed by atoms with Crippen molar-refractivity contribution in [2.75, 3.05) is 23.3 Å². The van der Waals surface area contributed by atoms with Gasteiger partial charge in [0.15, 0.2) is 0 Å². The van der Waals surface area contributed by atoms with E-state index in [2.05, 4.69) is 15.2 Å². The number of nitrogens with one attached hydrogen (secondary N) is 1. The minimum Gasteiger partial charge on any atom is -0.389 e. The van der Waals surface area contributed by atoms with E-state index in [4.69, 9.17) is 0 Å². The Kier molecular flexibility index (Phi) is 4.62. The molecule has 1 saturated heterocycles. The van der Waals surface area contributed by atoms with Crippen molar-refractivity contribution < 1.29 is 9.90 Å². The van der Waals surface area contributed by atoms with Gasteiger partial charge in [-0.25, -0.2) is 4.98 Å². The summed E-state index contributed by atoms with van der Waals surface area (Å²) < 4.78 is 0. The highest BCUT2D eigenvalue weighted by Crippen LogP contribution is 2.32. The van der Waals surface area contributed by atoms with E-state index < -0.39 is 5.60 Å². The Morgan fingerprint density at radius 3 is 2.55 bits per heavy atom. The zero-order chi connectivity index (χ0) is 15.4. The second-order valence-electron chi connectivity index (χ2n) is 6.61. The normalized spacial score (nSPS) is 20.9. The van der Waals surface area contributed by atoms with E-state index in [1.165, 1.54) is 19.3 Å². The molecule has 0 aromatic carbocycles. The monoisotopic (exact) mass is 303 g/mol. The molecule has 5 nitrogen and oxygen atoms in total. The van der Waals surface area contributed by atoms with Crippen LogP contribution >= 0.6 is 0 Å². The third-order valence-electron chi connectivity index (χ3n) is 4.76. The van der Waals surface area contributed by atoms with Crippen molar-refractivity contribution in [3.63, 3.8) is 0 Å². The van der Waals surface area contributed by atoms with E-state index in [0.29, 0.717) is 5.82 Å². The van der Waals surface area contributed by atoms with Crippen LogP contribution in [0, 0.1) is 0 Å². The summed E-state index contributed by atoms with van der Waals surface area (Å²) in [5.74, 6) is 0.412. The first-order valence-corrected chi connectivity index (χ1v) is 8.38. The van der Waals surface area contributed by atoms with Crippen LogP contribution in [0.4, 0.5) is 11.5 Å². The molecule has 1 aromatic rings. The van der Waals surface area contributed by atoms with Gasteiger partial charge in [0, 0.05) is 13.1 Å². The lowest BCUT2D eigenvalue weighted by Crippen LogP contribution is -2.31. The Labute approximate surface area is 131 Å². The number of hydrogen-bond acceptors (Lipinski definition) is 4. The molecule has 1 aliphatic carbocycles. The molecule has 2 aliphatic rings. The fourth-order valence-electron chi connectivity index (χ4n) is 3.49. The molecule has 5 heteroatoms. The molecule has 22 heavy (non-hydrogen) atoms. The maximum absolute atomic E-state index is 12.0. The molecular weight excluding hydrogens is 278 g/mol. The highest BCUT2D eigenvalue weighted by atomic mass is 16.3. The lowest BCUT2D eigenvalue weighted by atomic mass is 9.98. The second-order valence-corrected chi connectivity index (χ2v) is 6.61. The summed E-state index contributed by atoms with van der Waals surface area (Å²) in [7, 11) is 0. The van der Waals surface area contributed by atoms with E-state index in [1.807, 2.05) is 18.3 Å². The van der Waals surface area contributed by atoms with Crippen LogP contribution in [0.5, 0.6) is 0 Å². The van der Waals surface area contributed by atoms with Crippen LogP contribution < -0.4 is 10.2 Å². The van der Waals surface area contributed by atoms with E-state index >= 15 is 0 Å². The van der Waals surface area contributed by atoms with Crippen molar-refractivity contribution in [1.82, 2.24) is 4.98 Å². The van der Waals surface area contributed by atoms with Gasteiger partial charge in [-0.15, -0.1) is 0 Å². The first-order chi connectivity index (χ1) is 10.6. The van der Waals surface area contributed by atoms with Gasteiger partial charge in [-0.3, -0.25) is 4.79 Å². The van der Waals surface area contributed by atoms with E-state index in [1.54, 1.807) is 0 Å². The molecule has 2 N–H and O–H groups in total. The number of pyridine rings is 1. The van der Waals surface area contributed by atoms with Gasteiger partial charge in [0.05, 0.1) is 23.9 Å². The number of amides is 1. The molecule has 0 radical (unpaired) electrons. The first kappa shape index (κ1) is 15.3. The van der Waals surface area contributed by atoms with Crippen LogP contribution in [0.15, 0.2) is 18.3 Å². The van der Waals surface area contributed by atoms with Gasteiger partial charge in [0.25, 0.3) is 0 Å². The number of anilines is 2. The van der Waals surface area contributed by atoms with Gasteiger partial charge in [-0.1, -0.05) is 12.8 Å². The number of aromatic nitrogens is 1. The number of aliphatic hydroxyl groups is 1.